The molecule has 1 aliphatic carbocycles. The second kappa shape index (κ2) is 6.00. The fourth-order valence-electron chi connectivity index (χ4n) is 2.65. The molecule has 6 heteroatoms. The molecule has 104 valence electrons. The van der Waals surface area contributed by atoms with E-state index >= 15 is 0 Å². The fraction of sp³-hybridized carbons (Fsp3) is 0.357. The van der Waals surface area contributed by atoms with Crippen molar-refractivity contribution < 1.29 is 4.79 Å². The van der Waals surface area contributed by atoms with Crippen molar-refractivity contribution in [3.8, 4) is 0 Å². The van der Waals surface area contributed by atoms with Gasteiger partial charge in [-0.3, -0.25) is 5.32 Å². The van der Waals surface area contributed by atoms with Gasteiger partial charge in [-0.1, -0.05) is 35.6 Å². The molecule has 5 nitrogen and oxygen atoms in total. The standard InChI is InChI=1S/C14H16N4OS/c19-13(17-14-18-16-9-20-14)15-8-11-6-3-5-10-4-1-2-7-12(10)11/h1-2,4,7,9,11H,3,5-6,8H2,(H2,15,17,18,19). The van der Waals surface area contributed by atoms with E-state index in [1.54, 1.807) is 5.51 Å². The number of carbonyl (C=O) groups excluding carboxylic acids is 1. The van der Waals surface area contributed by atoms with E-state index in [0.717, 1.165) is 12.8 Å². The van der Waals surface area contributed by atoms with Crippen LogP contribution in [0, 0.1) is 0 Å². The van der Waals surface area contributed by atoms with Crippen LogP contribution in [-0.2, 0) is 6.42 Å². The molecule has 20 heavy (non-hydrogen) atoms. The van der Waals surface area contributed by atoms with Crippen molar-refractivity contribution >= 4 is 22.5 Å². The molecule has 0 saturated carbocycles. The molecule has 0 fully saturated rings. The SMILES string of the molecule is O=C(NCC1CCCc2ccccc21)Nc1nncs1. The van der Waals surface area contributed by atoms with Crippen LogP contribution >= 0.6 is 11.3 Å². The van der Waals surface area contributed by atoms with Crippen LogP contribution in [0.25, 0.3) is 0 Å². The molecule has 0 aliphatic heterocycles. The Morgan fingerprint density at radius 2 is 2.30 bits per heavy atom. The van der Waals surface area contributed by atoms with Crippen molar-refractivity contribution in [2.75, 3.05) is 11.9 Å². The van der Waals surface area contributed by atoms with E-state index in [1.807, 2.05) is 0 Å². The largest absolute Gasteiger partial charge is 0.337 e. The quantitative estimate of drug-likeness (QED) is 0.912. The molecule has 0 radical (unpaired) electrons. The Hall–Kier alpha value is -1.95. The van der Waals surface area contributed by atoms with E-state index in [9.17, 15) is 4.79 Å². The van der Waals surface area contributed by atoms with Gasteiger partial charge in [0.15, 0.2) is 0 Å². The molecule has 1 unspecified atom stereocenters. The molecule has 0 bridgehead atoms. The lowest BCUT2D eigenvalue weighted by Gasteiger charge is -2.25. The third-order valence-electron chi connectivity index (χ3n) is 3.58. The van der Waals surface area contributed by atoms with Crippen molar-refractivity contribution in [2.24, 2.45) is 0 Å². The first-order valence-corrected chi connectivity index (χ1v) is 7.60. The Kier molecular flexibility index (Phi) is 3.92. The minimum Gasteiger partial charge on any atom is -0.337 e. The molecule has 2 aromatic rings. The number of aryl methyl sites for hydroxylation is 1. The Balaban J connectivity index is 1.58. The topological polar surface area (TPSA) is 66.9 Å². The van der Waals surface area contributed by atoms with Gasteiger partial charge in [0.2, 0.25) is 5.13 Å². The van der Waals surface area contributed by atoms with Gasteiger partial charge >= 0.3 is 6.03 Å². The Morgan fingerprint density at radius 3 is 3.15 bits per heavy atom. The van der Waals surface area contributed by atoms with Crippen LogP contribution in [0.2, 0.25) is 0 Å². The van der Waals surface area contributed by atoms with Gasteiger partial charge in [0.1, 0.15) is 5.51 Å². The number of anilines is 1. The van der Waals surface area contributed by atoms with Crippen LogP contribution in [0.15, 0.2) is 29.8 Å². The summed E-state index contributed by atoms with van der Waals surface area (Å²) in [7, 11) is 0. The number of urea groups is 1. The van der Waals surface area contributed by atoms with Gasteiger partial charge < -0.3 is 5.32 Å². The number of aromatic nitrogens is 2. The first kappa shape index (κ1) is 13.1. The number of benzene rings is 1. The number of fused-ring (bicyclic) bond motifs is 1. The third-order valence-corrected chi connectivity index (χ3v) is 4.19. The lowest BCUT2D eigenvalue weighted by atomic mass is 9.83. The molecule has 0 saturated heterocycles. The molecule has 1 aromatic carbocycles. The van der Waals surface area contributed by atoms with Crippen LogP contribution in [0.3, 0.4) is 0 Å². The average molecular weight is 288 g/mol. The van der Waals surface area contributed by atoms with Crippen LogP contribution in [0.5, 0.6) is 0 Å². The van der Waals surface area contributed by atoms with Gasteiger partial charge in [0, 0.05) is 12.5 Å². The van der Waals surface area contributed by atoms with E-state index in [1.165, 1.54) is 28.9 Å². The molecular formula is C14H16N4OS. The number of hydrogen-bond acceptors (Lipinski definition) is 4. The fourth-order valence-corrected chi connectivity index (χ4v) is 3.09. The summed E-state index contributed by atoms with van der Waals surface area (Å²) >= 11 is 1.31. The molecule has 1 atom stereocenters. The number of hydrogen-bond donors (Lipinski definition) is 2. The Morgan fingerprint density at radius 1 is 1.40 bits per heavy atom. The maximum absolute atomic E-state index is 11.8. The number of nitrogens with one attached hydrogen (secondary N) is 2. The first-order chi connectivity index (χ1) is 9.83. The third kappa shape index (κ3) is 2.96. The van der Waals surface area contributed by atoms with E-state index in [2.05, 4.69) is 45.1 Å². The second-order valence-corrected chi connectivity index (χ2v) is 5.70. The zero-order valence-electron chi connectivity index (χ0n) is 11.0. The summed E-state index contributed by atoms with van der Waals surface area (Å²) in [5.74, 6) is 0.403. The van der Waals surface area contributed by atoms with Crippen molar-refractivity contribution in [3.05, 3.63) is 40.9 Å². The minimum absolute atomic E-state index is 0.218. The van der Waals surface area contributed by atoms with E-state index in [4.69, 9.17) is 0 Å². The number of amides is 2. The summed E-state index contributed by atoms with van der Waals surface area (Å²) in [6.07, 6.45) is 3.45. The van der Waals surface area contributed by atoms with Crippen LogP contribution in [-0.4, -0.2) is 22.8 Å². The highest BCUT2D eigenvalue weighted by molar-refractivity contribution is 7.13. The first-order valence-electron chi connectivity index (χ1n) is 6.72. The molecule has 2 amide bonds. The lowest BCUT2D eigenvalue weighted by molar-refractivity contribution is 0.251. The summed E-state index contributed by atoms with van der Waals surface area (Å²) in [6.45, 7) is 0.654. The van der Waals surface area contributed by atoms with Crippen LogP contribution in [0.1, 0.15) is 29.9 Å². The van der Waals surface area contributed by atoms with Gasteiger partial charge in [-0.05, 0) is 30.4 Å². The van der Waals surface area contributed by atoms with Gasteiger partial charge in [0.25, 0.3) is 0 Å². The molecule has 1 aromatic heterocycles. The average Bonchev–Trinajstić information content (AvgIpc) is 2.98. The molecule has 1 heterocycles. The number of nitrogens with zero attached hydrogens (tertiary/aromatic N) is 2. The number of rotatable bonds is 3. The Labute approximate surface area is 121 Å². The van der Waals surface area contributed by atoms with Gasteiger partial charge in [0.05, 0.1) is 0 Å². The summed E-state index contributed by atoms with van der Waals surface area (Å²) in [6, 6.07) is 8.28. The van der Waals surface area contributed by atoms with E-state index in [0.29, 0.717) is 17.6 Å². The van der Waals surface area contributed by atoms with Crippen LogP contribution < -0.4 is 10.6 Å². The lowest BCUT2D eigenvalue weighted by Crippen LogP contribution is -2.33. The van der Waals surface area contributed by atoms with E-state index < -0.39 is 0 Å². The van der Waals surface area contributed by atoms with Crippen molar-refractivity contribution in [1.82, 2.24) is 15.5 Å². The molecular weight excluding hydrogens is 272 g/mol. The summed E-state index contributed by atoms with van der Waals surface area (Å²) in [5, 5.41) is 13.6. The monoisotopic (exact) mass is 288 g/mol. The summed E-state index contributed by atoms with van der Waals surface area (Å²) in [4.78, 5) is 11.8. The zero-order valence-corrected chi connectivity index (χ0v) is 11.8. The maximum Gasteiger partial charge on any atom is 0.321 e. The molecule has 0 spiro atoms. The molecule has 2 N–H and O–H groups in total. The predicted octanol–water partition coefficient (Wildman–Crippen LogP) is 2.78. The number of carbonyl (C=O) groups is 1. The highest BCUT2D eigenvalue weighted by Gasteiger charge is 2.20. The summed E-state index contributed by atoms with van der Waals surface area (Å²) in [5.41, 5.74) is 4.37. The highest BCUT2D eigenvalue weighted by atomic mass is 32.1. The van der Waals surface area contributed by atoms with Gasteiger partial charge in [-0.2, -0.15) is 0 Å². The van der Waals surface area contributed by atoms with Crippen LogP contribution in [0.4, 0.5) is 9.93 Å². The Bertz CT molecular complexity index is 585. The van der Waals surface area contributed by atoms with Crippen molar-refractivity contribution in [1.29, 1.82) is 0 Å². The van der Waals surface area contributed by atoms with Crippen molar-refractivity contribution in [3.63, 3.8) is 0 Å². The maximum atomic E-state index is 11.8. The highest BCUT2D eigenvalue weighted by Crippen LogP contribution is 2.30. The smallest absolute Gasteiger partial charge is 0.321 e. The van der Waals surface area contributed by atoms with Crippen molar-refractivity contribution in [2.45, 2.75) is 25.2 Å². The molecule has 3 rings (SSSR count). The zero-order chi connectivity index (χ0) is 13.8. The normalized spacial score (nSPS) is 17.3. The van der Waals surface area contributed by atoms with Gasteiger partial charge in [-0.25, -0.2) is 4.79 Å². The second-order valence-electron chi connectivity index (χ2n) is 4.87. The minimum atomic E-state index is -0.218. The van der Waals surface area contributed by atoms with E-state index in [-0.39, 0.29) is 6.03 Å². The molecule has 1 aliphatic rings. The predicted molar refractivity (Wildman–Crippen MR) is 79.1 cm³/mol. The van der Waals surface area contributed by atoms with Gasteiger partial charge in [-0.15, -0.1) is 10.2 Å². The summed E-state index contributed by atoms with van der Waals surface area (Å²) < 4.78 is 0.